The van der Waals surface area contributed by atoms with E-state index in [9.17, 15) is 0 Å². The van der Waals surface area contributed by atoms with Crippen LogP contribution >= 0.6 is 0 Å². The topological polar surface area (TPSA) is 12.4 Å². The second kappa shape index (κ2) is 10.6. The van der Waals surface area contributed by atoms with Crippen molar-refractivity contribution < 1.29 is 0 Å². The molecule has 0 aliphatic rings. The van der Waals surface area contributed by atoms with Crippen LogP contribution in [0.1, 0.15) is 71.6 Å². The number of allylic oxidation sites excluding steroid dienone is 1. The first-order valence-corrected chi connectivity index (χ1v) is 7.22. The maximum atomic E-state index is 4.14. The van der Waals surface area contributed by atoms with E-state index in [0.717, 1.165) is 13.0 Å². The molecule has 1 heteroatoms. The maximum Gasteiger partial charge on any atom is 0.0435 e. The molecule has 0 aromatic carbocycles. The van der Waals surface area contributed by atoms with Crippen molar-refractivity contribution in [3.8, 4) is 0 Å². The predicted molar refractivity (Wildman–Crippen MR) is 79.9 cm³/mol. The first-order chi connectivity index (χ1) is 8.18. The van der Waals surface area contributed by atoms with Crippen LogP contribution in [0.2, 0.25) is 0 Å². The Bertz CT molecular complexity index is 198. The summed E-state index contributed by atoms with van der Waals surface area (Å²) in [6, 6.07) is 0. The van der Waals surface area contributed by atoms with Crippen molar-refractivity contribution in [1.82, 2.24) is 0 Å². The van der Waals surface area contributed by atoms with E-state index in [4.69, 9.17) is 0 Å². The largest absolute Gasteiger partial charge is 0.300 e. The lowest BCUT2D eigenvalue weighted by Gasteiger charge is -2.28. The smallest absolute Gasteiger partial charge is 0.0435 e. The van der Waals surface area contributed by atoms with E-state index in [-0.39, 0.29) is 0 Å². The Kier molecular flexibility index (Phi) is 10.2. The van der Waals surface area contributed by atoms with Crippen LogP contribution in [0, 0.1) is 5.41 Å². The molecule has 0 fully saturated rings. The molecule has 0 aromatic heterocycles. The summed E-state index contributed by atoms with van der Waals surface area (Å²) in [4.78, 5) is 4.14. The average Bonchev–Trinajstić information content (AvgIpc) is 2.31. The van der Waals surface area contributed by atoms with Crippen molar-refractivity contribution in [3.63, 3.8) is 0 Å². The fourth-order valence-electron chi connectivity index (χ4n) is 2.37. The number of hydrogen-bond donors (Lipinski definition) is 0. The van der Waals surface area contributed by atoms with Crippen LogP contribution < -0.4 is 0 Å². The standard InChI is InChI=1S/C16H31N/c1-5-7-9-11-13-16(3,15-17-4)14-12-10-8-6-2/h5H,1,4,6-15H2,2-3H3. The molecular formula is C16H31N. The summed E-state index contributed by atoms with van der Waals surface area (Å²) in [7, 11) is 0. The summed E-state index contributed by atoms with van der Waals surface area (Å²) in [5, 5.41) is 0. The van der Waals surface area contributed by atoms with E-state index < -0.39 is 0 Å². The van der Waals surface area contributed by atoms with Crippen molar-refractivity contribution in [2.75, 3.05) is 6.54 Å². The van der Waals surface area contributed by atoms with Gasteiger partial charge in [0.25, 0.3) is 0 Å². The highest BCUT2D eigenvalue weighted by Crippen LogP contribution is 2.31. The molecule has 0 aliphatic heterocycles. The summed E-state index contributed by atoms with van der Waals surface area (Å²) in [6.45, 7) is 13.0. The van der Waals surface area contributed by atoms with E-state index in [1.54, 1.807) is 0 Å². The average molecular weight is 237 g/mol. The summed E-state index contributed by atoms with van der Waals surface area (Å²) in [5.41, 5.74) is 0.386. The van der Waals surface area contributed by atoms with Crippen molar-refractivity contribution >= 4 is 6.72 Å². The minimum Gasteiger partial charge on any atom is -0.300 e. The van der Waals surface area contributed by atoms with Gasteiger partial charge in [-0.15, -0.1) is 6.58 Å². The van der Waals surface area contributed by atoms with Gasteiger partial charge in [-0.25, -0.2) is 0 Å². The molecule has 100 valence electrons. The Balaban J connectivity index is 3.87. The summed E-state index contributed by atoms with van der Waals surface area (Å²) in [5.74, 6) is 0. The van der Waals surface area contributed by atoms with Crippen LogP contribution in [-0.2, 0) is 0 Å². The van der Waals surface area contributed by atoms with Crippen LogP contribution in [0.25, 0.3) is 0 Å². The van der Waals surface area contributed by atoms with Gasteiger partial charge in [-0.05, 0) is 37.8 Å². The number of hydrogen-bond acceptors (Lipinski definition) is 1. The highest BCUT2D eigenvalue weighted by Gasteiger charge is 2.22. The van der Waals surface area contributed by atoms with E-state index in [0.29, 0.717) is 5.41 Å². The maximum absolute atomic E-state index is 4.14. The molecule has 0 rings (SSSR count). The number of aliphatic imine (C=N–C) groups is 1. The highest BCUT2D eigenvalue weighted by molar-refractivity contribution is 5.23. The lowest BCUT2D eigenvalue weighted by atomic mass is 9.80. The van der Waals surface area contributed by atoms with Gasteiger partial charge in [0.1, 0.15) is 0 Å². The molecule has 0 aromatic rings. The van der Waals surface area contributed by atoms with Crippen LogP contribution in [0.15, 0.2) is 17.6 Å². The molecule has 0 amide bonds. The number of rotatable bonds is 12. The molecular weight excluding hydrogens is 206 g/mol. The zero-order chi connectivity index (χ0) is 13.0. The van der Waals surface area contributed by atoms with Crippen molar-refractivity contribution in [2.24, 2.45) is 10.4 Å². The summed E-state index contributed by atoms with van der Waals surface area (Å²) < 4.78 is 0. The fraction of sp³-hybridized carbons (Fsp3) is 0.812. The summed E-state index contributed by atoms with van der Waals surface area (Å²) in [6.07, 6.45) is 13.7. The van der Waals surface area contributed by atoms with Gasteiger partial charge < -0.3 is 4.99 Å². The molecule has 0 heterocycles. The molecule has 1 nitrogen and oxygen atoms in total. The third-order valence-corrected chi connectivity index (χ3v) is 3.57. The van der Waals surface area contributed by atoms with Gasteiger partial charge in [0.05, 0.1) is 0 Å². The molecule has 1 unspecified atom stereocenters. The van der Waals surface area contributed by atoms with Gasteiger partial charge in [0.15, 0.2) is 0 Å². The zero-order valence-electron chi connectivity index (χ0n) is 12.0. The van der Waals surface area contributed by atoms with Gasteiger partial charge >= 0.3 is 0 Å². The Hall–Kier alpha value is -0.590. The van der Waals surface area contributed by atoms with E-state index in [1.165, 1.54) is 51.4 Å². The quantitative estimate of drug-likeness (QED) is 0.244. The van der Waals surface area contributed by atoms with Crippen molar-refractivity contribution in [2.45, 2.75) is 71.6 Å². The molecule has 0 N–H and O–H groups in total. The monoisotopic (exact) mass is 237 g/mol. The van der Waals surface area contributed by atoms with Gasteiger partial charge in [0, 0.05) is 6.54 Å². The SMILES string of the molecule is C=CCCCCC(C)(CCCCCC)CN=C. The second-order valence-electron chi connectivity index (χ2n) is 5.54. The van der Waals surface area contributed by atoms with Crippen LogP contribution in [0.5, 0.6) is 0 Å². The molecule has 17 heavy (non-hydrogen) atoms. The van der Waals surface area contributed by atoms with Crippen LogP contribution in [0.4, 0.5) is 0 Å². The Morgan fingerprint density at radius 3 is 2.24 bits per heavy atom. The molecule has 0 saturated heterocycles. The van der Waals surface area contributed by atoms with Crippen molar-refractivity contribution in [3.05, 3.63) is 12.7 Å². The molecule has 0 spiro atoms. The number of nitrogens with zero attached hydrogens (tertiary/aromatic N) is 1. The first kappa shape index (κ1) is 16.4. The minimum atomic E-state index is 0.386. The Morgan fingerprint density at radius 2 is 1.71 bits per heavy atom. The normalized spacial score (nSPS) is 14.2. The summed E-state index contributed by atoms with van der Waals surface area (Å²) >= 11 is 0. The van der Waals surface area contributed by atoms with E-state index in [2.05, 4.69) is 32.1 Å². The minimum absolute atomic E-state index is 0.386. The van der Waals surface area contributed by atoms with Gasteiger partial charge in [0.2, 0.25) is 0 Å². The van der Waals surface area contributed by atoms with E-state index in [1.807, 2.05) is 6.08 Å². The molecule has 0 radical (unpaired) electrons. The molecule has 0 saturated carbocycles. The van der Waals surface area contributed by atoms with Gasteiger partial charge in [-0.1, -0.05) is 52.0 Å². The molecule has 0 bridgehead atoms. The third-order valence-electron chi connectivity index (χ3n) is 3.57. The Morgan fingerprint density at radius 1 is 1.06 bits per heavy atom. The van der Waals surface area contributed by atoms with E-state index >= 15 is 0 Å². The highest BCUT2D eigenvalue weighted by atomic mass is 14.7. The Labute approximate surface area is 108 Å². The first-order valence-electron chi connectivity index (χ1n) is 7.22. The van der Waals surface area contributed by atoms with Crippen molar-refractivity contribution in [1.29, 1.82) is 0 Å². The second-order valence-corrected chi connectivity index (χ2v) is 5.54. The molecule has 1 atom stereocenters. The predicted octanol–water partition coefficient (Wildman–Crippen LogP) is 5.41. The van der Waals surface area contributed by atoms with Crippen LogP contribution in [0.3, 0.4) is 0 Å². The lowest BCUT2D eigenvalue weighted by molar-refractivity contribution is 0.264. The van der Waals surface area contributed by atoms with Crippen LogP contribution in [-0.4, -0.2) is 13.3 Å². The number of unbranched alkanes of at least 4 members (excludes halogenated alkanes) is 5. The van der Waals surface area contributed by atoms with Gasteiger partial charge in [-0.2, -0.15) is 0 Å². The zero-order valence-corrected chi connectivity index (χ0v) is 12.0. The van der Waals surface area contributed by atoms with Gasteiger partial charge in [-0.3, -0.25) is 0 Å². The molecule has 0 aliphatic carbocycles. The third kappa shape index (κ3) is 9.14. The fourth-order valence-corrected chi connectivity index (χ4v) is 2.37. The lowest BCUT2D eigenvalue weighted by Crippen LogP contribution is -2.20.